The number of likely N-dealkylation sites (tertiary alicyclic amines) is 1. The average Bonchev–Trinajstić information content (AvgIpc) is 3.06. The van der Waals surface area contributed by atoms with Gasteiger partial charge in [-0.2, -0.15) is 5.10 Å². The van der Waals surface area contributed by atoms with E-state index in [4.69, 9.17) is 0 Å². The lowest BCUT2D eigenvalue weighted by Gasteiger charge is -2.41. The monoisotopic (exact) mass is 270 g/mol. The van der Waals surface area contributed by atoms with E-state index in [9.17, 15) is 4.79 Å². The Morgan fingerprint density at radius 2 is 1.90 bits per heavy atom. The molecule has 0 aromatic carbocycles. The molecule has 104 valence electrons. The van der Waals surface area contributed by atoms with E-state index < -0.39 is 5.54 Å². The van der Waals surface area contributed by atoms with Crippen LogP contribution >= 0.6 is 0 Å². The molecule has 0 radical (unpaired) electrons. The van der Waals surface area contributed by atoms with Gasteiger partial charge in [0, 0.05) is 18.6 Å². The SMILES string of the molecule is O=CC(c1ccncc1)(c1cc[nH]n1)N1CCCCC1. The van der Waals surface area contributed by atoms with Crippen LogP contribution < -0.4 is 0 Å². The molecule has 1 N–H and O–H groups in total. The maximum Gasteiger partial charge on any atom is 0.151 e. The smallest absolute Gasteiger partial charge is 0.151 e. The fraction of sp³-hybridized carbons (Fsp3) is 0.400. The normalized spacial score (nSPS) is 19.4. The molecule has 1 aliphatic heterocycles. The van der Waals surface area contributed by atoms with E-state index in [1.54, 1.807) is 18.6 Å². The van der Waals surface area contributed by atoms with Crippen molar-refractivity contribution in [3.8, 4) is 0 Å². The van der Waals surface area contributed by atoms with Gasteiger partial charge >= 0.3 is 0 Å². The largest absolute Gasteiger partial charge is 0.300 e. The summed E-state index contributed by atoms with van der Waals surface area (Å²) in [4.78, 5) is 18.4. The molecule has 0 spiro atoms. The van der Waals surface area contributed by atoms with Crippen LogP contribution in [-0.2, 0) is 10.3 Å². The van der Waals surface area contributed by atoms with Crippen molar-refractivity contribution in [1.82, 2.24) is 20.1 Å². The third kappa shape index (κ3) is 2.04. The fourth-order valence-corrected chi connectivity index (χ4v) is 3.02. The highest BCUT2D eigenvalue weighted by atomic mass is 16.1. The molecule has 3 rings (SSSR count). The first-order valence-corrected chi connectivity index (χ1v) is 7.00. The van der Waals surface area contributed by atoms with E-state index in [-0.39, 0.29) is 0 Å². The summed E-state index contributed by atoms with van der Waals surface area (Å²) < 4.78 is 0. The van der Waals surface area contributed by atoms with Crippen molar-refractivity contribution < 1.29 is 4.79 Å². The first-order chi connectivity index (χ1) is 9.88. The maximum atomic E-state index is 12.1. The number of hydrogen-bond acceptors (Lipinski definition) is 4. The van der Waals surface area contributed by atoms with Crippen LogP contribution in [0.1, 0.15) is 30.5 Å². The summed E-state index contributed by atoms with van der Waals surface area (Å²) in [5.41, 5.74) is 0.876. The van der Waals surface area contributed by atoms with Crippen molar-refractivity contribution in [3.63, 3.8) is 0 Å². The van der Waals surface area contributed by atoms with Crippen LogP contribution in [0, 0.1) is 0 Å². The van der Waals surface area contributed by atoms with Crippen LogP contribution in [0.15, 0.2) is 36.8 Å². The molecule has 0 bridgehead atoms. The lowest BCUT2D eigenvalue weighted by molar-refractivity contribution is -0.117. The summed E-state index contributed by atoms with van der Waals surface area (Å²) in [5, 5.41) is 7.12. The Bertz CT molecular complexity index is 549. The van der Waals surface area contributed by atoms with Gasteiger partial charge in [-0.15, -0.1) is 0 Å². The average molecular weight is 270 g/mol. The summed E-state index contributed by atoms with van der Waals surface area (Å²) >= 11 is 0. The highest BCUT2D eigenvalue weighted by molar-refractivity contribution is 5.73. The summed E-state index contributed by atoms with van der Waals surface area (Å²) in [6.45, 7) is 1.82. The highest BCUT2D eigenvalue weighted by Crippen LogP contribution is 2.34. The molecule has 2 aromatic rings. The number of pyridine rings is 1. The fourth-order valence-electron chi connectivity index (χ4n) is 3.02. The minimum absolute atomic E-state index is 0.751. The number of H-pyrrole nitrogens is 1. The zero-order valence-corrected chi connectivity index (χ0v) is 11.3. The van der Waals surface area contributed by atoms with Gasteiger partial charge in [0.05, 0.1) is 5.69 Å². The highest BCUT2D eigenvalue weighted by Gasteiger charge is 2.42. The molecular formula is C15H18N4O. The van der Waals surface area contributed by atoms with Gasteiger partial charge in [-0.25, -0.2) is 0 Å². The number of rotatable bonds is 4. The number of hydrogen-bond donors (Lipinski definition) is 1. The number of aromatic amines is 1. The van der Waals surface area contributed by atoms with Crippen LogP contribution in [0.25, 0.3) is 0 Å². The van der Waals surface area contributed by atoms with E-state index in [2.05, 4.69) is 20.1 Å². The molecular weight excluding hydrogens is 252 g/mol. The lowest BCUT2D eigenvalue weighted by atomic mass is 9.85. The lowest BCUT2D eigenvalue weighted by Crippen LogP contribution is -2.51. The Labute approximate surface area is 118 Å². The molecule has 5 nitrogen and oxygen atoms in total. The summed E-state index contributed by atoms with van der Waals surface area (Å²) in [6.07, 6.45) is 9.69. The molecule has 2 aromatic heterocycles. The van der Waals surface area contributed by atoms with Gasteiger partial charge in [0.25, 0.3) is 0 Å². The molecule has 0 saturated carbocycles. The van der Waals surface area contributed by atoms with Crippen LogP contribution in [0.2, 0.25) is 0 Å². The predicted octanol–water partition coefficient (Wildman–Crippen LogP) is 1.73. The molecule has 3 heterocycles. The minimum atomic E-state index is -0.802. The van der Waals surface area contributed by atoms with Crippen molar-refractivity contribution >= 4 is 6.29 Å². The zero-order chi connectivity index (χ0) is 13.8. The quantitative estimate of drug-likeness (QED) is 0.860. The first kappa shape index (κ1) is 13.0. The number of carbonyl (C=O) groups excluding carboxylic acids is 1. The molecule has 1 unspecified atom stereocenters. The molecule has 1 fully saturated rings. The van der Waals surface area contributed by atoms with E-state index in [0.29, 0.717) is 0 Å². The standard InChI is InChI=1S/C15H18N4O/c20-12-15(14-6-9-17-18-14,13-4-7-16-8-5-13)19-10-2-1-3-11-19/h4-9,12H,1-3,10-11H2,(H,17,18). The van der Waals surface area contributed by atoms with Gasteiger partial charge < -0.3 is 4.79 Å². The molecule has 0 amide bonds. The van der Waals surface area contributed by atoms with Crippen molar-refractivity contribution in [2.75, 3.05) is 13.1 Å². The number of piperidine rings is 1. The van der Waals surface area contributed by atoms with Crippen molar-refractivity contribution in [2.45, 2.75) is 24.8 Å². The van der Waals surface area contributed by atoms with E-state index in [1.165, 1.54) is 6.42 Å². The number of aromatic nitrogens is 3. The molecule has 1 atom stereocenters. The molecule has 0 aliphatic carbocycles. The van der Waals surface area contributed by atoms with Crippen molar-refractivity contribution in [1.29, 1.82) is 0 Å². The third-order valence-electron chi connectivity index (χ3n) is 4.04. The number of nitrogens with zero attached hydrogens (tertiary/aromatic N) is 3. The van der Waals surface area contributed by atoms with Crippen molar-refractivity contribution in [3.05, 3.63) is 48.0 Å². The van der Waals surface area contributed by atoms with Crippen LogP contribution in [0.5, 0.6) is 0 Å². The van der Waals surface area contributed by atoms with Crippen LogP contribution in [-0.4, -0.2) is 39.5 Å². The topological polar surface area (TPSA) is 61.9 Å². The number of nitrogens with one attached hydrogen (secondary N) is 1. The van der Waals surface area contributed by atoms with Crippen LogP contribution in [0.4, 0.5) is 0 Å². The van der Waals surface area contributed by atoms with E-state index >= 15 is 0 Å². The minimum Gasteiger partial charge on any atom is -0.300 e. The summed E-state index contributed by atoms with van der Waals surface area (Å²) in [7, 11) is 0. The number of aldehydes is 1. The van der Waals surface area contributed by atoms with Gasteiger partial charge in [-0.1, -0.05) is 6.42 Å². The third-order valence-corrected chi connectivity index (χ3v) is 4.04. The Balaban J connectivity index is 2.12. The van der Waals surface area contributed by atoms with Gasteiger partial charge in [-0.3, -0.25) is 15.0 Å². The summed E-state index contributed by atoms with van der Waals surface area (Å²) in [5.74, 6) is 0. The molecule has 1 saturated heterocycles. The van der Waals surface area contributed by atoms with E-state index in [0.717, 1.165) is 43.5 Å². The Morgan fingerprint density at radius 3 is 2.50 bits per heavy atom. The Kier molecular flexibility index (Phi) is 3.60. The second kappa shape index (κ2) is 5.54. The molecule has 5 heteroatoms. The number of carbonyl (C=O) groups is 1. The zero-order valence-electron chi connectivity index (χ0n) is 11.3. The van der Waals surface area contributed by atoms with E-state index in [1.807, 2.05) is 18.2 Å². The Morgan fingerprint density at radius 1 is 1.15 bits per heavy atom. The first-order valence-electron chi connectivity index (χ1n) is 7.00. The van der Waals surface area contributed by atoms with Crippen molar-refractivity contribution in [2.24, 2.45) is 0 Å². The Hall–Kier alpha value is -2.01. The molecule has 1 aliphatic rings. The molecule has 20 heavy (non-hydrogen) atoms. The maximum absolute atomic E-state index is 12.1. The van der Waals surface area contributed by atoms with Gasteiger partial charge in [-0.05, 0) is 49.7 Å². The summed E-state index contributed by atoms with van der Waals surface area (Å²) in [6, 6.07) is 5.68. The van der Waals surface area contributed by atoms with Gasteiger partial charge in [0.2, 0.25) is 0 Å². The second-order valence-corrected chi connectivity index (χ2v) is 5.13. The van der Waals surface area contributed by atoms with Gasteiger partial charge in [0.1, 0.15) is 5.54 Å². The van der Waals surface area contributed by atoms with Crippen LogP contribution in [0.3, 0.4) is 0 Å². The second-order valence-electron chi connectivity index (χ2n) is 5.13. The predicted molar refractivity (Wildman–Crippen MR) is 75.1 cm³/mol. The van der Waals surface area contributed by atoms with Gasteiger partial charge in [0.15, 0.2) is 6.29 Å².